The second-order valence-electron chi connectivity index (χ2n) is 8.02. The zero-order valence-electron chi connectivity index (χ0n) is 17.5. The lowest BCUT2D eigenvalue weighted by Gasteiger charge is -2.23. The molecule has 0 saturated heterocycles. The molecule has 0 radical (unpaired) electrons. The maximum atomic E-state index is 13.2. The SMILES string of the molecule is COCCCC(=O)C(=O)C(c1ccccc1)c1ccccc1NC(=O)C(C)(C)C. The van der Waals surface area contributed by atoms with Crippen molar-refractivity contribution in [1.29, 1.82) is 0 Å². The minimum Gasteiger partial charge on any atom is -0.385 e. The molecule has 0 spiro atoms. The van der Waals surface area contributed by atoms with Crippen LogP contribution >= 0.6 is 0 Å². The quantitative estimate of drug-likeness (QED) is 0.505. The Hall–Kier alpha value is -2.79. The van der Waals surface area contributed by atoms with Crippen LogP contribution in [0.1, 0.15) is 50.7 Å². The van der Waals surface area contributed by atoms with Gasteiger partial charge in [0.2, 0.25) is 11.7 Å². The Balaban J connectivity index is 2.44. The highest BCUT2D eigenvalue weighted by atomic mass is 16.5. The van der Waals surface area contributed by atoms with E-state index in [-0.39, 0.29) is 12.3 Å². The molecule has 0 bridgehead atoms. The molecule has 5 heteroatoms. The molecule has 0 aliphatic rings. The predicted octanol–water partition coefficient (Wildman–Crippen LogP) is 4.37. The molecule has 0 aromatic heterocycles. The number of amides is 1. The molecule has 29 heavy (non-hydrogen) atoms. The second kappa shape index (κ2) is 10.1. The average Bonchev–Trinajstić information content (AvgIpc) is 2.69. The molecule has 2 rings (SSSR count). The van der Waals surface area contributed by atoms with E-state index in [1.165, 1.54) is 0 Å². The van der Waals surface area contributed by atoms with Gasteiger partial charge in [0.25, 0.3) is 0 Å². The van der Waals surface area contributed by atoms with Crippen LogP contribution in [0, 0.1) is 5.41 Å². The first-order valence-electron chi connectivity index (χ1n) is 9.77. The fourth-order valence-electron chi connectivity index (χ4n) is 2.95. The lowest BCUT2D eigenvalue weighted by atomic mass is 9.84. The van der Waals surface area contributed by atoms with Crippen molar-refractivity contribution in [3.8, 4) is 0 Å². The highest BCUT2D eigenvalue weighted by molar-refractivity contribution is 6.40. The number of Topliss-reactive ketones (excluding diaryl/α,β-unsaturated/α-hetero) is 2. The minimum atomic E-state index is -0.775. The summed E-state index contributed by atoms with van der Waals surface area (Å²) in [6, 6.07) is 16.3. The van der Waals surface area contributed by atoms with Crippen molar-refractivity contribution in [2.24, 2.45) is 5.41 Å². The summed E-state index contributed by atoms with van der Waals surface area (Å²) in [5.74, 6) is -1.85. The average molecular weight is 395 g/mol. The van der Waals surface area contributed by atoms with Crippen molar-refractivity contribution in [2.75, 3.05) is 19.0 Å². The maximum Gasteiger partial charge on any atom is 0.229 e. The first kappa shape index (κ1) is 22.5. The van der Waals surface area contributed by atoms with Gasteiger partial charge in [0.1, 0.15) is 0 Å². The molecule has 2 aromatic rings. The van der Waals surface area contributed by atoms with Gasteiger partial charge in [-0.1, -0.05) is 69.3 Å². The first-order chi connectivity index (χ1) is 13.8. The van der Waals surface area contributed by atoms with E-state index in [2.05, 4.69) is 5.32 Å². The Morgan fingerprint density at radius 3 is 2.21 bits per heavy atom. The molecule has 1 atom stereocenters. The van der Waals surface area contributed by atoms with Crippen LogP contribution in [0.25, 0.3) is 0 Å². The number of anilines is 1. The molecule has 2 aromatic carbocycles. The number of ketones is 2. The number of rotatable bonds is 9. The summed E-state index contributed by atoms with van der Waals surface area (Å²) in [6.07, 6.45) is 0.623. The van der Waals surface area contributed by atoms with Gasteiger partial charge < -0.3 is 10.1 Å². The number of carbonyl (C=O) groups excluding carboxylic acids is 3. The molecule has 0 aliphatic heterocycles. The Kier molecular flexibility index (Phi) is 7.85. The highest BCUT2D eigenvalue weighted by Crippen LogP contribution is 2.33. The Morgan fingerprint density at radius 1 is 0.966 bits per heavy atom. The summed E-state index contributed by atoms with van der Waals surface area (Å²) in [5, 5.41) is 2.92. The van der Waals surface area contributed by atoms with E-state index in [9.17, 15) is 14.4 Å². The van der Waals surface area contributed by atoms with Crippen LogP contribution in [0.4, 0.5) is 5.69 Å². The van der Waals surface area contributed by atoms with E-state index < -0.39 is 22.9 Å². The zero-order chi connectivity index (χ0) is 21.4. The van der Waals surface area contributed by atoms with Gasteiger partial charge in [0.05, 0.1) is 5.92 Å². The Labute approximate surface area is 172 Å². The Morgan fingerprint density at radius 2 is 1.59 bits per heavy atom. The van der Waals surface area contributed by atoms with Crippen LogP contribution in [0.3, 0.4) is 0 Å². The molecule has 1 amide bonds. The third-order valence-corrected chi connectivity index (χ3v) is 4.62. The van der Waals surface area contributed by atoms with Gasteiger partial charge in [-0.2, -0.15) is 0 Å². The third kappa shape index (κ3) is 6.09. The molecule has 154 valence electrons. The summed E-state index contributed by atoms with van der Waals surface area (Å²) in [5.41, 5.74) is 1.28. The lowest BCUT2D eigenvalue weighted by molar-refractivity contribution is -0.137. The van der Waals surface area contributed by atoms with Gasteiger partial charge in [0, 0.05) is 31.2 Å². The molecule has 0 fully saturated rings. The number of hydrogen-bond donors (Lipinski definition) is 1. The van der Waals surface area contributed by atoms with E-state index in [0.717, 1.165) is 5.56 Å². The fourth-order valence-corrected chi connectivity index (χ4v) is 2.95. The van der Waals surface area contributed by atoms with Crippen molar-refractivity contribution >= 4 is 23.2 Å². The standard InChI is InChI=1S/C24H29NO4/c1-24(2,3)23(28)25-19-14-9-8-13-18(19)21(17-11-6-5-7-12-17)22(27)20(26)15-10-16-29-4/h5-9,11-14,21H,10,15-16H2,1-4H3,(H,25,28). The normalized spacial score (nSPS) is 12.3. The van der Waals surface area contributed by atoms with Crippen molar-refractivity contribution < 1.29 is 19.1 Å². The zero-order valence-corrected chi connectivity index (χ0v) is 17.5. The summed E-state index contributed by atoms with van der Waals surface area (Å²) in [6.45, 7) is 5.89. The van der Waals surface area contributed by atoms with Crippen LogP contribution in [0.15, 0.2) is 54.6 Å². The number of methoxy groups -OCH3 is 1. The number of nitrogens with one attached hydrogen (secondary N) is 1. The molecular formula is C24H29NO4. The number of ether oxygens (including phenoxy) is 1. The largest absolute Gasteiger partial charge is 0.385 e. The van der Waals surface area contributed by atoms with E-state index in [0.29, 0.717) is 24.3 Å². The molecule has 0 saturated carbocycles. The molecule has 0 heterocycles. The fraction of sp³-hybridized carbons (Fsp3) is 0.375. The maximum absolute atomic E-state index is 13.2. The van der Waals surface area contributed by atoms with E-state index >= 15 is 0 Å². The molecule has 1 unspecified atom stereocenters. The van der Waals surface area contributed by atoms with Gasteiger partial charge in [-0.25, -0.2) is 0 Å². The predicted molar refractivity (Wildman–Crippen MR) is 114 cm³/mol. The van der Waals surface area contributed by atoms with Gasteiger partial charge in [-0.3, -0.25) is 14.4 Å². The van der Waals surface area contributed by atoms with Crippen molar-refractivity contribution in [1.82, 2.24) is 0 Å². The first-order valence-corrected chi connectivity index (χ1v) is 9.77. The van der Waals surface area contributed by atoms with Gasteiger partial charge in [-0.05, 0) is 23.6 Å². The second-order valence-corrected chi connectivity index (χ2v) is 8.02. The third-order valence-electron chi connectivity index (χ3n) is 4.62. The number of para-hydroxylation sites is 1. The molecule has 1 N–H and O–H groups in total. The minimum absolute atomic E-state index is 0.131. The monoisotopic (exact) mass is 395 g/mol. The van der Waals surface area contributed by atoms with Crippen molar-refractivity contribution in [3.63, 3.8) is 0 Å². The van der Waals surface area contributed by atoms with Crippen LogP contribution < -0.4 is 5.32 Å². The van der Waals surface area contributed by atoms with Crippen LogP contribution in [-0.2, 0) is 19.1 Å². The van der Waals surface area contributed by atoms with Crippen molar-refractivity contribution in [3.05, 3.63) is 65.7 Å². The number of hydrogen-bond acceptors (Lipinski definition) is 4. The lowest BCUT2D eigenvalue weighted by Crippen LogP contribution is -2.29. The smallest absolute Gasteiger partial charge is 0.229 e. The van der Waals surface area contributed by atoms with E-state index in [1.807, 2.05) is 51.1 Å². The number of carbonyl (C=O) groups is 3. The van der Waals surface area contributed by atoms with E-state index in [4.69, 9.17) is 4.74 Å². The van der Waals surface area contributed by atoms with Gasteiger partial charge >= 0.3 is 0 Å². The van der Waals surface area contributed by atoms with Crippen LogP contribution in [-0.4, -0.2) is 31.2 Å². The molecule has 5 nitrogen and oxygen atoms in total. The van der Waals surface area contributed by atoms with Crippen molar-refractivity contribution in [2.45, 2.75) is 39.5 Å². The topological polar surface area (TPSA) is 72.5 Å². The van der Waals surface area contributed by atoms with Gasteiger partial charge in [0.15, 0.2) is 5.78 Å². The summed E-state index contributed by atoms with van der Waals surface area (Å²) in [4.78, 5) is 38.3. The molecule has 0 aliphatic carbocycles. The Bertz CT molecular complexity index is 853. The van der Waals surface area contributed by atoms with E-state index in [1.54, 1.807) is 31.4 Å². The summed E-state index contributed by atoms with van der Waals surface area (Å²) >= 11 is 0. The van der Waals surface area contributed by atoms with Crippen LogP contribution in [0.2, 0.25) is 0 Å². The van der Waals surface area contributed by atoms with Crippen LogP contribution in [0.5, 0.6) is 0 Å². The van der Waals surface area contributed by atoms with Gasteiger partial charge in [-0.15, -0.1) is 0 Å². The summed E-state index contributed by atoms with van der Waals surface area (Å²) in [7, 11) is 1.56. The summed E-state index contributed by atoms with van der Waals surface area (Å²) < 4.78 is 4.99. The molecular weight excluding hydrogens is 366 g/mol. The number of benzene rings is 2. The highest BCUT2D eigenvalue weighted by Gasteiger charge is 2.31.